The minimum atomic E-state index is -0.719. The van der Waals surface area contributed by atoms with Crippen LogP contribution in [-0.4, -0.2) is 27.1 Å². The van der Waals surface area contributed by atoms with E-state index in [4.69, 9.17) is 5.11 Å². The van der Waals surface area contributed by atoms with Crippen molar-refractivity contribution in [1.29, 1.82) is 0 Å². The van der Waals surface area contributed by atoms with Crippen LogP contribution in [0.5, 0.6) is 0 Å². The van der Waals surface area contributed by atoms with Crippen molar-refractivity contribution in [2.24, 2.45) is 5.92 Å². The second-order valence-electron chi connectivity index (χ2n) is 6.12. The van der Waals surface area contributed by atoms with E-state index in [0.717, 1.165) is 30.2 Å². The Balaban J connectivity index is 2.51. The van der Waals surface area contributed by atoms with Gasteiger partial charge in [-0.3, -0.25) is 4.79 Å². The normalized spacial score (nSPS) is 14.0. The number of carboxylic acids is 1. The molecule has 2 atom stereocenters. The van der Waals surface area contributed by atoms with Crippen molar-refractivity contribution < 1.29 is 9.90 Å². The van der Waals surface area contributed by atoms with Crippen molar-refractivity contribution in [2.75, 3.05) is 5.32 Å². The van der Waals surface area contributed by atoms with Gasteiger partial charge in [0, 0.05) is 23.7 Å². The Morgan fingerprint density at radius 3 is 2.48 bits per heavy atom. The lowest BCUT2D eigenvalue weighted by Crippen LogP contribution is -2.18. The zero-order valence-corrected chi connectivity index (χ0v) is 13.7. The Morgan fingerprint density at radius 2 is 1.90 bits per heavy atom. The van der Waals surface area contributed by atoms with Gasteiger partial charge in [-0.2, -0.15) is 0 Å². The van der Waals surface area contributed by atoms with Crippen LogP contribution in [0.2, 0.25) is 0 Å². The van der Waals surface area contributed by atoms with Gasteiger partial charge in [-0.15, -0.1) is 0 Å². The fourth-order valence-corrected chi connectivity index (χ4v) is 2.10. The Hall–Kier alpha value is -1.65. The first kappa shape index (κ1) is 17.4. The summed E-state index contributed by atoms with van der Waals surface area (Å²) in [5, 5.41) is 12.2. The molecule has 0 amide bonds. The SMILES string of the molecule is Cc1cc(NC(C)CCCC(C)C(=O)O)nc(C(C)C)n1. The summed E-state index contributed by atoms with van der Waals surface area (Å²) in [7, 11) is 0. The third-order valence-corrected chi connectivity index (χ3v) is 3.48. The zero-order chi connectivity index (χ0) is 16.0. The van der Waals surface area contributed by atoms with Crippen LogP contribution in [0, 0.1) is 12.8 Å². The summed E-state index contributed by atoms with van der Waals surface area (Å²) >= 11 is 0. The number of nitrogens with one attached hydrogen (secondary N) is 1. The first-order valence-electron chi connectivity index (χ1n) is 7.64. The first-order chi connectivity index (χ1) is 9.79. The largest absolute Gasteiger partial charge is 0.481 e. The Morgan fingerprint density at radius 1 is 1.24 bits per heavy atom. The van der Waals surface area contributed by atoms with Crippen LogP contribution in [-0.2, 0) is 4.79 Å². The molecule has 1 aromatic heterocycles. The number of carbonyl (C=O) groups is 1. The van der Waals surface area contributed by atoms with Gasteiger partial charge in [-0.05, 0) is 26.7 Å². The van der Waals surface area contributed by atoms with Crippen molar-refractivity contribution in [3.63, 3.8) is 0 Å². The van der Waals surface area contributed by atoms with Gasteiger partial charge >= 0.3 is 5.97 Å². The summed E-state index contributed by atoms with van der Waals surface area (Å²) in [6, 6.07) is 2.21. The molecule has 2 unspecified atom stereocenters. The molecule has 0 spiro atoms. The lowest BCUT2D eigenvalue weighted by Gasteiger charge is -2.16. The maximum Gasteiger partial charge on any atom is 0.306 e. The monoisotopic (exact) mass is 293 g/mol. The van der Waals surface area contributed by atoms with Gasteiger partial charge < -0.3 is 10.4 Å². The number of carboxylic acid groups (broad SMARTS) is 1. The maximum atomic E-state index is 10.8. The van der Waals surface area contributed by atoms with Crippen molar-refractivity contribution in [3.05, 3.63) is 17.6 Å². The van der Waals surface area contributed by atoms with Crippen LogP contribution in [0.1, 0.15) is 64.4 Å². The molecule has 21 heavy (non-hydrogen) atoms. The van der Waals surface area contributed by atoms with Crippen molar-refractivity contribution in [1.82, 2.24) is 9.97 Å². The first-order valence-corrected chi connectivity index (χ1v) is 7.64. The number of aliphatic carboxylic acids is 1. The van der Waals surface area contributed by atoms with E-state index in [2.05, 4.69) is 36.1 Å². The van der Waals surface area contributed by atoms with Crippen LogP contribution in [0.3, 0.4) is 0 Å². The fourth-order valence-electron chi connectivity index (χ4n) is 2.10. The predicted molar refractivity (Wildman–Crippen MR) is 84.6 cm³/mol. The molecule has 0 aliphatic heterocycles. The smallest absolute Gasteiger partial charge is 0.306 e. The molecule has 1 rings (SSSR count). The average molecular weight is 293 g/mol. The number of anilines is 1. The second-order valence-corrected chi connectivity index (χ2v) is 6.12. The van der Waals surface area contributed by atoms with Crippen molar-refractivity contribution in [2.45, 2.75) is 65.8 Å². The maximum absolute atomic E-state index is 10.8. The summed E-state index contributed by atoms with van der Waals surface area (Å²) in [4.78, 5) is 19.7. The van der Waals surface area contributed by atoms with Gasteiger partial charge in [0.25, 0.3) is 0 Å². The molecular weight excluding hydrogens is 266 g/mol. The lowest BCUT2D eigenvalue weighted by molar-refractivity contribution is -0.141. The molecule has 5 heteroatoms. The molecule has 0 aliphatic carbocycles. The van der Waals surface area contributed by atoms with Gasteiger partial charge in [-0.1, -0.05) is 27.2 Å². The van der Waals surface area contributed by atoms with Crippen LogP contribution >= 0.6 is 0 Å². The van der Waals surface area contributed by atoms with Crippen LogP contribution in [0.25, 0.3) is 0 Å². The second kappa shape index (κ2) is 7.96. The Bertz CT molecular complexity index is 475. The molecule has 0 saturated carbocycles. The fraction of sp³-hybridized carbons (Fsp3) is 0.688. The molecule has 5 nitrogen and oxygen atoms in total. The molecule has 2 N–H and O–H groups in total. The van der Waals surface area contributed by atoms with E-state index >= 15 is 0 Å². The minimum absolute atomic E-state index is 0.264. The highest BCUT2D eigenvalue weighted by molar-refractivity contribution is 5.69. The molecule has 0 radical (unpaired) electrons. The number of aromatic nitrogens is 2. The molecule has 0 fully saturated rings. The van der Waals surface area contributed by atoms with Crippen molar-refractivity contribution in [3.8, 4) is 0 Å². The number of hydrogen-bond acceptors (Lipinski definition) is 4. The number of aryl methyl sites for hydroxylation is 1. The molecule has 0 saturated heterocycles. The van der Waals surface area contributed by atoms with Crippen LogP contribution in [0.4, 0.5) is 5.82 Å². The number of rotatable bonds is 8. The van der Waals surface area contributed by atoms with Gasteiger partial charge in [0.05, 0.1) is 5.92 Å². The molecular formula is C16H27N3O2. The summed E-state index contributed by atoms with van der Waals surface area (Å²) in [6.07, 6.45) is 2.53. The van der Waals surface area contributed by atoms with Crippen molar-refractivity contribution >= 4 is 11.8 Å². The van der Waals surface area contributed by atoms with E-state index in [-0.39, 0.29) is 12.0 Å². The van der Waals surface area contributed by atoms with Crippen LogP contribution < -0.4 is 5.32 Å². The predicted octanol–water partition coefficient (Wildman–Crippen LogP) is 3.60. The van der Waals surface area contributed by atoms with E-state index < -0.39 is 5.97 Å². The summed E-state index contributed by atoms with van der Waals surface area (Å²) in [6.45, 7) is 9.98. The van der Waals surface area contributed by atoms with E-state index in [9.17, 15) is 4.79 Å². The number of nitrogens with zero attached hydrogens (tertiary/aromatic N) is 2. The average Bonchev–Trinajstić information content (AvgIpc) is 2.37. The van der Waals surface area contributed by atoms with E-state index in [1.165, 1.54) is 0 Å². The third kappa shape index (κ3) is 6.10. The Labute approximate surface area is 127 Å². The van der Waals surface area contributed by atoms with E-state index in [1.54, 1.807) is 6.92 Å². The van der Waals surface area contributed by atoms with Crippen LogP contribution in [0.15, 0.2) is 6.07 Å². The van der Waals surface area contributed by atoms with E-state index in [0.29, 0.717) is 12.3 Å². The molecule has 118 valence electrons. The highest BCUT2D eigenvalue weighted by atomic mass is 16.4. The topological polar surface area (TPSA) is 75.1 Å². The quantitative estimate of drug-likeness (QED) is 0.766. The molecule has 0 bridgehead atoms. The lowest BCUT2D eigenvalue weighted by atomic mass is 10.0. The zero-order valence-electron chi connectivity index (χ0n) is 13.7. The highest BCUT2D eigenvalue weighted by Gasteiger charge is 2.12. The van der Waals surface area contributed by atoms with Gasteiger partial charge in [-0.25, -0.2) is 9.97 Å². The molecule has 0 aliphatic rings. The Kier molecular flexibility index (Phi) is 6.59. The van der Waals surface area contributed by atoms with Gasteiger partial charge in [0.2, 0.25) is 0 Å². The molecule has 1 heterocycles. The minimum Gasteiger partial charge on any atom is -0.481 e. The molecule has 0 aromatic carbocycles. The summed E-state index contributed by atoms with van der Waals surface area (Å²) in [5.41, 5.74) is 0.961. The third-order valence-electron chi connectivity index (χ3n) is 3.48. The van der Waals surface area contributed by atoms with Gasteiger partial charge in [0.15, 0.2) is 0 Å². The summed E-state index contributed by atoms with van der Waals surface area (Å²) in [5.74, 6) is 1.01. The van der Waals surface area contributed by atoms with E-state index in [1.807, 2.05) is 13.0 Å². The highest BCUT2D eigenvalue weighted by Crippen LogP contribution is 2.16. The summed E-state index contributed by atoms with van der Waals surface area (Å²) < 4.78 is 0. The van der Waals surface area contributed by atoms with Gasteiger partial charge in [0.1, 0.15) is 11.6 Å². The standard InChI is InChI=1S/C16H27N3O2/c1-10(2)15-18-13(5)9-14(19-15)17-12(4)8-6-7-11(3)16(20)21/h9-12H,6-8H2,1-5H3,(H,20,21)(H,17,18,19). The molecule has 1 aromatic rings. The number of hydrogen-bond donors (Lipinski definition) is 2.